The van der Waals surface area contributed by atoms with Crippen molar-refractivity contribution in [3.8, 4) is 0 Å². The van der Waals surface area contributed by atoms with E-state index in [1.807, 2.05) is 16.8 Å². The smallest absolute Gasteiger partial charge is 0.225 e. The summed E-state index contributed by atoms with van der Waals surface area (Å²) in [6.07, 6.45) is 6.07. The molecule has 4 nitrogen and oxygen atoms in total. The van der Waals surface area contributed by atoms with E-state index in [1.54, 1.807) is 6.20 Å². The number of rotatable bonds is 3. The number of hydrogen-bond acceptors (Lipinski definition) is 3. The van der Waals surface area contributed by atoms with Crippen LogP contribution in [0, 0.1) is 6.92 Å². The highest BCUT2D eigenvalue weighted by atomic mass is 35.5. The van der Waals surface area contributed by atoms with E-state index in [9.17, 15) is 0 Å². The van der Waals surface area contributed by atoms with Crippen LogP contribution in [0.4, 0.5) is 0 Å². The Bertz CT molecular complexity index is 545. The molecule has 0 unspecified atom stereocenters. The molecule has 1 aliphatic rings. The van der Waals surface area contributed by atoms with Gasteiger partial charge in [-0.2, -0.15) is 0 Å². The fourth-order valence-corrected chi connectivity index (χ4v) is 2.10. The molecule has 0 radical (unpaired) electrons. The summed E-state index contributed by atoms with van der Waals surface area (Å²) < 4.78 is 1.99. The van der Waals surface area contributed by atoms with Gasteiger partial charge in [0.1, 0.15) is 5.82 Å². The van der Waals surface area contributed by atoms with Crippen LogP contribution in [0.5, 0.6) is 0 Å². The lowest BCUT2D eigenvalue weighted by molar-refractivity contribution is 0.722. The number of aryl methyl sites for hydroxylation is 1. The topological polar surface area (TPSA) is 43.6 Å². The van der Waals surface area contributed by atoms with Gasteiger partial charge < -0.3 is 0 Å². The van der Waals surface area contributed by atoms with Gasteiger partial charge in [0.05, 0.1) is 6.54 Å². The first-order chi connectivity index (χ1) is 8.25. The van der Waals surface area contributed by atoms with Crippen LogP contribution >= 0.6 is 11.6 Å². The first-order valence-electron chi connectivity index (χ1n) is 5.74. The molecule has 0 atom stereocenters. The molecule has 1 fully saturated rings. The predicted molar refractivity (Wildman–Crippen MR) is 65.1 cm³/mol. The Morgan fingerprint density at radius 1 is 1.41 bits per heavy atom. The van der Waals surface area contributed by atoms with E-state index in [2.05, 4.69) is 22.1 Å². The summed E-state index contributed by atoms with van der Waals surface area (Å²) in [5.74, 6) is 1.56. The molecule has 2 aromatic rings. The Kier molecular flexibility index (Phi) is 2.59. The molecule has 1 saturated carbocycles. The van der Waals surface area contributed by atoms with Crippen molar-refractivity contribution in [2.24, 2.45) is 0 Å². The molecule has 0 bridgehead atoms. The fraction of sp³-hybridized carbons (Fsp3) is 0.417. The summed E-state index contributed by atoms with van der Waals surface area (Å²) in [5, 5.41) is 8.59. The second-order valence-corrected chi connectivity index (χ2v) is 4.83. The van der Waals surface area contributed by atoms with Gasteiger partial charge in [0, 0.05) is 18.3 Å². The Morgan fingerprint density at radius 2 is 2.24 bits per heavy atom. The van der Waals surface area contributed by atoms with Crippen LogP contribution in [0.3, 0.4) is 0 Å². The normalized spacial score (nSPS) is 15.2. The van der Waals surface area contributed by atoms with Crippen molar-refractivity contribution in [2.75, 3.05) is 0 Å². The number of halogens is 1. The third kappa shape index (κ3) is 2.05. The van der Waals surface area contributed by atoms with Crippen LogP contribution in [0.2, 0.25) is 5.28 Å². The summed E-state index contributed by atoms with van der Waals surface area (Å²) in [5.41, 5.74) is 2.38. The van der Waals surface area contributed by atoms with Gasteiger partial charge in [0.2, 0.25) is 5.28 Å². The maximum atomic E-state index is 6.09. The van der Waals surface area contributed by atoms with Crippen LogP contribution in [0.25, 0.3) is 0 Å². The molecule has 0 aromatic carbocycles. The molecule has 17 heavy (non-hydrogen) atoms. The van der Waals surface area contributed by atoms with Gasteiger partial charge >= 0.3 is 0 Å². The van der Waals surface area contributed by atoms with Crippen LogP contribution in [0.1, 0.15) is 35.7 Å². The fourth-order valence-electron chi connectivity index (χ4n) is 1.92. The monoisotopic (exact) mass is 248 g/mol. The minimum Gasteiger partial charge on any atom is -0.297 e. The minimum atomic E-state index is 0.468. The van der Waals surface area contributed by atoms with E-state index in [0.717, 1.165) is 11.4 Å². The number of hydrogen-bond donors (Lipinski definition) is 0. The molecule has 2 aromatic heterocycles. The highest BCUT2D eigenvalue weighted by Gasteiger charge is 2.30. The van der Waals surface area contributed by atoms with Crippen LogP contribution in [-0.4, -0.2) is 19.7 Å². The van der Waals surface area contributed by atoms with Crippen LogP contribution < -0.4 is 0 Å². The summed E-state index contributed by atoms with van der Waals surface area (Å²) in [7, 11) is 0. The van der Waals surface area contributed by atoms with Crippen LogP contribution in [-0.2, 0) is 6.54 Å². The molecule has 5 heteroatoms. The van der Waals surface area contributed by atoms with Crippen molar-refractivity contribution in [1.29, 1.82) is 0 Å². The highest BCUT2D eigenvalue weighted by molar-refractivity contribution is 6.28. The van der Waals surface area contributed by atoms with E-state index in [4.69, 9.17) is 11.6 Å². The molecular formula is C12H13ClN4. The number of aromatic nitrogens is 4. The van der Waals surface area contributed by atoms with E-state index < -0.39 is 0 Å². The van der Waals surface area contributed by atoms with Gasteiger partial charge in [-0.3, -0.25) is 9.55 Å². The van der Waals surface area contributed by atoms with E-state index in [0.29, 0.717) is 17.7 Å². The largest absolute Gasteiger partial charge is 0.297 e. The zero-order chi connectivity index (χ0) is 11.8. The van der Waals surface area contributed by atoms with Gasteiger partial charge in [0.25, 0.3) is 0 Å². The summed E-state index contributed by atoms with van der Waals surface area (Å²) in [6, 6.07) is 2.00. The SMILES string of the molecule is Cc1ccncc1Cn1c(Cl)nnc1C1CC1. The number of nitrogens with zero attached hydrogens (tertiary/aromatic N) is 4. The first kappa shape index (κ1) is 10.7. The maximum absolute atomic E-state index is 6.09. The lowest BCUT2D eigenvalue weighted by atomic mass is 10.1. The predicted octanol–water partition coefficient (Wildman–Crippen LogP) is 2.56. The summed E-state index contributed by atoms with van der Waals surface area (Å²) in [6.45, 7) is 2.78. The molecule has 0 amide bonds. The molecule has 88 valence electrons. The number of pyridine rings is 1. The molecular weight excluding hydrogens is 236 g/mol. The van der Waals surface area contributed by atoms with Crippen molar-refractivity contribution in [2.45, 2.75) is 32.2 Å². The zero-order valence-corrected chi connectivity index (χ0v) is 10.4. The van der Waals surface area contributed by atoms with Crippen molar-refractivity contribution >= 4 is 11.6 Å². The zero-order valence-electron chi connectivity index (χ0n) is 9.60. The van der Waals surface area contributed by atoms with Gasteiger partial charge in [-0.05, 0) is 48.6 Å². The van der Waals surface area contributed by atoms with E-state index in [1.165, 1.54) is 18.4 Å². The van der Waals surface area contributed by atoms with E-state index in [-0.39, 0.29) is 0 Å². The van der Waals surface area contributed by atoms with Crippen molar-refractivity contribution in [3.05, 3.63) is 40.7 Å². The van der Waals surface area contributed by atoms with Crippen LogP contribution in [0.15, 0.2) is 18.5 Å². The quantitative estimate of drug-likeness (QED) is 0.839. The Balaban J connectivity index is 1.94. The Morgan fingerprint density at radius 3 is 2.94 bits per heavy atom. The lowest BCUT2D eigenvalue weighted by Gasteiger charge is -2.09. The third-order valence-corrected chi connectivity index (χ3v) is 3.43. The Labute approximate surface area is 105 Å². The van der Waals surface area contributed by atoms with Crippen molar-refractivity contribution in [3.63, 3.8) is 0 Å². The minimum absolute atomic E-state index is 0.468. The molecule has 1 aliphatic carbocycles. The first-order valence-corrected chi connectivity index (χ1v) is 6.11. The molecule has 3 rings (SSSR count). The van der Waals surface area contributed by atoms with Gasteiger partial charge in [0.15, 0.2) is 0 Å². The van der Waals surface area contributed by atoms with Gasteiger partial charge in [-0.15, -0.1) is 10.2 Å². The summed E-state index contributed by atoms with van der Waals surface area (Å²) >= 11 is 6.09. The lowest BCUT2D eigenvalue weighted by Crippen LogP contribution is -2.06. The molecule has 0 aliphatic heterocycles. The van der Waals surface area contributed by atoms with Gasteiger partial charge in [-0.25, -0.2) is 0 Å². The van der Waals surface area contributed by atoms with Crippen molar-refractivity contribution in [1.82, 2.24) is 19.7 Å². The molecule has 0 N–H and O–H groups in total. The second-order valence-electron chi connectivity index (χ2n) is 4.49. The molecule has 2 heterocycles. The van der Waals surface area contributed by atoms with Crippen molar-refractivity contribution < 1.29 is 0 Å². The highest BCUT2D eigenvalue weighted by Crippen LogP contribution is 2.39. The average molecular weight is 249 g/mol. The Hall–Kier alpha value is -1.42. The third-order valence-electron chi connectivity index (χ3n) is 3.15. The summed E-state index contributed by atoms with van der Waals surface area (Å²) in [4.78, 5) is 4.15. The second kappa shape index (κ2) is 4.11. The maximum Gasteiger partial charge on any atom is 0.225 e. The average Bonchev–Trinajstić information content (AvgIpc) is 3.09. The molecule has 0 saturated heterocycles. The van der Waals surface area contributed by atoms with Gasteiger partial charge in [-0.1, -0.05) is 0 Å². The standard InChI is InChI=1S/C12H13ClN4/c1-8-4-5-14-6-10(8)7-17-11(9-2-3-9)15-16-12(17)13/h4-6,9H,2-3,7H2,1H3. The van der Waals surface area contributed by atoms with E-state index >= 15 is 0 Å². The molecule has 0 spiro atoms.